The van der Waals surface area contributed by atoms with Crippen molar-refractivity contribution in [2.45, 2.75) is 25.9 Å². The number of nitrogens with zero attached hydrogens (tertiary/aromatic N) is 3. The van der Waals surface area contributed by atoms with Gasteiger partial charge in [-0.05, 0) is 43.0 Å². The van der Waals surface area contributed by atoms with Crippen LogP contribution in [0, 0.1) is 11.7 Å². The molecule has 0 spiro atoms. The summed E-state index contributed by atoms with van der Waals surface area (Å²) in [4.78, 5) is 31.4. The molecule has 3 heterocycles. The van der Waals surface area contributed by atoms with Crippen LogP contribution in [0.25, 0.3) is 11.4 Å². The lowest BCUT2D eigenvalue weighted by Gasteiger charge is -2.31. The highest BCUT2D eigenvalue weighted by atomic mass is 32.1. The van der Waals surface area contributed by atoms with Crippen LogP contribution >= 0.6 is 11.3 Å². The van der Waals surface area contributed by atoms with Crippen LogP contribution in [0.3, 0.4) is 0 Å². The molecular formula is C23H25FN4O2S. The third kappa shape index (κ3) is 5.26. The monoisotopic (exact) mass is 440 g/mol. The number of carbonyl (C=O) groups excluding carboxylic acids is 1. The molecule has 1 N–H and O–H groups in total. The normalized spacial score (nSPS) is 15.1. The molecule has 0 atom stereocenters. The van der Waals surface area contributed by atoms with Crippen molar-refractivity contribution in [1.29, 1.82) is 0 Å². The minimum Gasteiger partial charge on any atom is -0.356 e. The van der Waals surface area contributed by atoms with Gasteiger partial charge in [-0.3, -0.25) is 24.0 Å². The van der Waals surface area contributed by atoms with Crippen molar-refractivity contribution < 1.29 is 9.18 Å². The number of hydrogen-bond donors (Lipinski definition) is 1. The lowest BCUT2D eigenvalue weighted by atomic mass is 9.96. The zero-order chi connectivity index (χ0) is 21.6. The molecule has 162 valence electrons. The molecule has 0 saturated carbocycles. The molecule has 1 aliphatic rings. The van der Waals surface area contributed by atoms with E-state index in [0.29, 0.717) is 25.2 Å². The van der Waals surface area contributed by atoms with E-state index >= 15 is 0 Å². The number of aromatic nitrogens is 2. The Morgan fingerprint density at radius 2 is 1.94 bits per heavy atom. The molecule has 1 fully saturated rings. The highest BCUT2D eigenvalue weighted by Gasteiger charge is 2.25. The van der Waals surface area contributed by atoms with Gasteiger partial charge in [0.15, 0.2) is 0 Å². The first-order chi connectivity index (χ1) is 15.1. The van der Waals surface area contributed by atoms with Crippen LogP contribution < -0.4 is 10.2 Å². The second kappa shape index (κ2) is 9.98. The van der Waals surface area contributed by atoms with Crippen molar-refractivity contribution in [1.82, 2.24) is 19.8 Å². The summed E-state index contributed by atoms with van der Waals surface area (Å²) >= 11 is 1.18. The molecule has 0 radical (unpaired) electrons. The summed E-state index contributed by atoms with van der Waals surface area (Å²) in [6, 6.07) is 12.3. The van der Waals surface area contributed by atoms with E-state index in [0.717, 1.165) is 37.3 Å². The van der Waals surface area contributed by atoms with Gasteiger partial charge < -0.3 is 5.32 Å². The Bertz CT molecular complexity index is 1070. The lowest BCUT2D eigenvalue weighted by Crippen LogP contribution is -2.42. The maximum atomic E-state index is 13.7. The molecule has 0 bridgehead atoms. The number of likely N-dealkylation sites (tertiary alicyclic amines) is 1. The maximum absolute atomic E-state index is 13.7. The van der Waals surface area contributed by atoms with Gasteiger partial charge in [0, 0.05) is 37.1 Å². The Kier molecular flexibility index (Phi) is 6.89. The number of thiazole rings is 1. The summed E-state index contributed by atoms with van der Waals surface area (Å²) in [7, 11) is 0. The van der Waals surface area contributed by atoms with Gasteiger partial charge in [0.2, 0.25) is 5.91 Å². The molecule has 0 unspecified atom stereocenters. The van der Waals surface area contributed by atoms with Crippen LogP contribution in [0.4, 0.5) is 4.39 Å². The van der Waals surface area contributed by atoms with Gasteiger partial charge in [0.25, 0.3) is 0 Å². The van der Waals surface area contributed by atoms with E-state index in [1.807, 2.05) is 23.6 Å². The molecule has 4 rings (SSSR count). The smallest absolute Gasteiger partial charge is 0.308 e. The fourth-order valence-electron chi connectivity index (χ4n) is 3.88. The van der Waals surface area contributed by atoms with Gasteiger partial charge in [-0.15, -0.1) is 0 Å². The van der Waals surface area contributed by atoms with Gasteiger partial charge in [-0.1, -0.05) is 35.6 Å². The number of nitrogens with one attached hydrogen (secondary N) is 1. The zero-order valence-corrected chi connectivity index (χ0v) is 18.0. The minimum absolute atomic E-state index is 0.00587. The van der Waals surface area contributed by atoms with Crippen LogP contribution in [0.1, 0.15) is 18.4 Å². The summed E-state index contributed by atoms with van der Waals surface area (Å²) < 4.78 is 15.4. The zero-order valence-electron chi connectivity index (χ0n) is 17.2. The number of carbonyl (C=O) groups is 1. The molecule has 0 aliphatic carbocycles. The van der Waals surface area contributed by atoms with Gasteiger partial charge >= 0.3 is 4.87 Å². The Balaban J connectivity index is 1.28. The number of pyridine rings is 1. The average Bonchev–Trinajstić information content (AvgIpc) is 3.16. The predicted molar refractivity (Wildman–Crippen MR) is 119 cm³/mol. The van der Waals surface area contributed by atoms with Crippen molar-refractivity contribution in [3.8, 4) is 11.4 Å². The van der Waals surface area contributed by atoms with E-state index in [-0.39, 0.29) is 22.5 Å². The quantitative estimate of drug-likeness (QED) is 0.613. The van der Waals surface area contributed by atoms with Gasteiger partial charge in [0.05, 0.1) is 18.1 Å². The molecule has 1 amide bonds. The van der Waals surface area contributed by atoms with Crippen molar-refractivity contribution in [2.24, 2.45) is 5.92 Å². The van der Waals surface area contributed by atoms with E-state index in [1.54, 1.807) is 29.0 Å². The summed E-state index contributed by atoms with van der Waals surface area (Å²) in [5, 5.41) is 4.79. The van der Waals surface area contributed by atoms with E-state index in [4.69, 9.17) is 0 Å². The summed E-state index contributed by atoms with van der Waals surface area (Å²) in [5.41, 5.74) is 2.22. The summed E-state index contributed by atoms with van der Waals surface area (Å²) in [6.45, 7) is 2.41. The van der Waals surface area contributed by atoms with Gasteiger partial charge in [-0.25, -0.2) is 4.39 Å². The van der Waals surface area contributed by atoms with E-state index in [1.165, 1.54) is 17.4 Å². The first-order valence-corrected chi connectivity index (χ1v) is 11.3. The SMILES string of the molecule is O=C(NCCc1ccccc1F)C1CCN(Cn2c(-c3ccccn3)csc2=O)CC1. The molecule has 2 aromatic heterocycles. The van der Waals surface area contributed by atoms with Crippen LogP contribution in [-0.4, -0.2) is 40.0 Å². The van der Waals surface area contributed by atoms with Gasteiger partial charge in [0.1, 0.15) is 5.82 Å². The standard InChI is InChI=1S/C23H25FN4O2S/c24-19-6-2-1-5-17(19)8-12-26-22(29)18-9-13-27(14-10-18)16-28-21(15-31-23(28)30)20-7-3-4-11-25-20/h1-7,11,15,18H,8-10,12-14,16H2,(H,26,29). The van der Waals surface area contributed by atoms with Crippen molar-refractivity contribution in [2.75, 3.05) is 19.6 Å². The number of hydrogen-bond acceptors (Lipinski definition) is 5. The van der Waals surface area contributed by atoms with E-state index in [9.17, 15) is 14.0 Å². The predicted octanol–water partition coefficient (Wildman–Crippen LogP) is 3.14. The molecule has 6 nitrogen and oxygen atoms in total. The number of benzene rings is 1. The summed E-state index contributed by atoms with van der Waals surface area (Å²) in [5.74, 6) is -0.261. The Morgan fingerprint density at radius 1 is 1.16 bits per heavy atom. The first kappa shape index (κ1) is 21.4. The fraction of sp³-hybridized carbons (Fsp3) is 0.348. The molecule has 1 aliphatic heterocycles. The van der Waals surface area contributed by atoms with Gasteiger partial charge in [-0.2, -0.15) is 0 Å². The number of piperidine rings is 1. The van der Waals surface area contributed by atoms with Crippen molar-refractivity contribution >= 4 is 17.2 Å². The number of rotatable bonds is 7. The van der Waals surface area contributed by atoms with Crippen LogP contribution in [0.15, 0.2) is 58.8 Å². The second-order valence-electron chi connectivity index (χ2n) is 7.70. The van der Waals surface area contributed by atoms with Crippen LogP contribution in [-0.2, 0) is 17.9 Å². The number of halogens is 1. The maximum Gasteiger partial charge on any atom is 0.308 e. The molecule has 1 aromatic carbocycles. The van der Waals surface area contributed by atoms with Crippen LogP contribution in [0.2, 0.25) is 0 Å². The fourth-order valence-corrected chi connectivity index (χ4v) is 4.62. The highest BCUT2D eigenvalue weighted by Crippen LogP contribution is 2.21. The lowest BCUT2D eigenvalue weighted by molar-refractivity contribution is -0.126. The van der Waals surface area contributed by atoms with Crippen molar-refractivity contribution in [3.05, 3.63) is 75.1 Å². The second-order valence-corrected chi connectivity index (χ2v) is 8.52. The molecule has 31 heavy (non-hydrogen) atoms. The molecular weight excluding hydrogens is 415 g/mol. The summed E-state index contributed by atoms with van der Waals surface area (Å²) in [6.07, 6.45) is 3.68. The highest BCUT2D eigenvalue weighted by molar-refractivity contribution is 7.07. The van der Waals surface area contributed by atoms with E-state index < -0.39 is 0 Å². The minimum atomic E-state index is -0.237. The molecule has 1 saturated heterocycles. The van der Waals surface area contributed by atoms with Crippen LogP contribution in [0.5, 0.6) is 0 Å². The Morgan fingerprint density at radius 3 is 2.68 bits per heavy atom. The molecule has 3 aromatic rings. The average molecular weight is 441 g/mol. The largest absolute Gasteiger partial charge is 0.356 e. The Labute approximate surface area is 184 Å². The molecule has 8 heteroatoms. The third-order valence-corrected chi connectivity index (χ3v) is 6.42. The number of amides is 1. The Hall–Kier alpha value is -2.84. The van der Waals surface area contributed by atoms with E-state index in [2.05, 4.69) is 15.2 Å². The van der Waals surface area contributed by atoms with Crippen molar-refractivity contribution in [3.63, 3.8) is 0 Å². The first-order valence-electron chi connectivity index (χ1n) is 10.4. The topological polar surface area (TPSA) is 67.2 Å². The third-order valence-electron chi connectivity index (χ3n) is 5.66.